The summed E-state index contributed by atoms with van der Waals surface area (Å²) in [6.07, 6.45) is 2.19. The normalized spacial score (nSPS) is 10.7. The minimum absolute atomic E-state index is 0.0592. The summed E-state index contributed by atoms with van der Waals surface area (Å²) in [7, 11) is 3.95. The Kier molecular flexibility index (Phi) is 4.28. The summed E-state index contributed by atoms with van der Waals surface area (Å²) in [6.45, 7) is 0.577. The van der Waals surface area contributed by atoms with Gasteiger partial charge in [0.1, 0.15) is 5.52 Å². The van der Waals surface area contributed by atoms with Crippen LogP contribution >= 0.6 is 0 Å². The highest BCUT2D eigenvalue weighted by Crippen LogP contribution is 2.15. The van der Waals surface area contributed by atoms with E-state index in [0.29, 0.717) is 12.1 Å². The van der Waals surface area contributed by atoms with Crippen molar-refractivity contribution >= 4 is 22.7 Å². The molecule has 3 aromatic rings. The molecule has 0 saturated heterocycles. The van der Waals surface area contributed by atoms with E-state index in [0.717, 1.165) is 28.8 Å². The van der Waals surface area contributed by atoms with Crippen LogP contribution in [-0.4, -0.2) is 31.5 Å². The second kappa shape index (κ2) is 6.52. The number of oxazole rings is 1. The molecule has 23 heavy (non-hydrogen) atoms. The monoisotopic (exact) mass is 309 g/mol. The lowest BCUT2D eigenvalue weighted by Gasteiger charge is -2.12. The molecule has 0 bridgehead atoms. The van der Waals surface area contributed by atoms with E-state index in [1.54, 1.807) is 0 Å². The summed E-state index contributed by atoms with van der Waals surface area (Å²) < 4.78 is 5.28. The number of hydrogen-bond donors (Lipinski definition) is 1. The topological polar surface area (TPSA) is 58.4 Å². The van der Waals surface area contributed by atoms with E-state index < -0.39 is 0 Å². The number of amides is 1. The summed E-state index contributed by atoms with van der Waals surface area (Å²) in [5, 5.41) is 2.94. The Labute approximate surface area is 134 Å². The van der Waals surface area contributed by atoms with Gasteiger partial charge in [-0.3, -0.25) is 4.79 Å². The lowest BCUT2D eigenvalue weighted by Crippen LogP contribution is -2.25. The maximum absolute atomic E-state index is 12.1. The van der Waals surface area contributed by atoms with Crippen molar-refractivity contribution in [3.05, 3.63) is 60.0 Å². The van der Waals surface area contributed by atoms with E-state index in [2.05, 4.69) is 10.3 Å². The average Bonchev–Trinajstić information content (AvgIpc) is 3.02. The fourth-order valence-electron chi connectivity index (χ4n) is 2.39. The molecule has 2 aromatic carbocycles. The van der Waals surface area contributed by atoms with Crippen molar-refractivity contribution in [2.75, 3.05) is 25.5 Å². The molecule has 3 rings (SSSR count). The van der Waals surface area contributed by atoms with Crippen LogP contribution < -0.4 is 10.2 Å². The van der Waals surface area contributed by atoms with Gasteiger partial charge >= 0.3 is 0 Å². The molecule has 1 N–H and O–H groups in total. The Balaban J connectivity index is 1.56. The number of fused-ring (bicyclic) bond motifs is 1. The standard InChI is InChI=1S/C18H19N3O2/c1-21(2)15-6-4-14(5-7-15)18(22)19-10-9-13-3-8-16-17(11-13)23-12-20-16/h3-8,11-12H,9-10H2,1-2H3,(H,19,22). The van der Waals surface area contributed by atoms with Crippen LogP contribution in [0.15, 0.2) is 53.3 Å². The van der Waals surface area contributed by atoms with Gasteiger partial charge in [-0.05, 0) is 48.4 Å². The molecule has 0 aliphatic heterocycles. The van der Waals surface area contributed by atoms with E-state index >= 15 is 0 Å². The number of benzene rings is 2. The molecular weight excluding hydrogens is 290 g/mol. The van der Waals surface area contributed by atoms with Crippen molar-refractivity contribution in [2.45, 2.75) is 6.42 Å². The molecule has 0 saturated carbocycles. The van der Waals surface area contributed by atoms with Gasteiger partial charge < -0.3 is 14.6 Å². The van der Waals surface area contributed by atoms with Gasteiger partial charge in [0, 0.05) is 31.9 Å². The van der Waals surface area contributed by atoms with E-state index in [-0.39, 0.29) is 5.91 Å². The Morgan fingerprint density at radius 1 is 1.17 bits per heavy atom. The Bertz CT molecular complexity index is 807. The molecule has 0 spiro atoms. The van der Waals surface area contributed by atoms with Crippen LogP contribution in [0.5, 0.6) is 0 Å². The largest absolute Gasteiger partial charge is 0.443 e. The number of anilines is 1. The predicted octanol–water partition coefficient (Wildman–Crippen LogP) is 2.87. The summed E-state index contributed by atoms with van der Waals surface area (Å²) in [4.78, 5) is 18.2. The van der Waals surface area contributed by atoms with Crippen molar-refractivity contribution < 1.29 is 9.21 Å². The first kappa shape index (κ1) is 15.1. The van der Waals surface area contributed by atoms with Crippen molar-refractivity contribution in [2.24, 2.45) is 0 Å². The maximum atomic E-state index is 12.1. The summed E-state index contributed by atoms with van der Waals surface area (Å²) in [5.74, 6) is -0.0592. The first-order valence-corrected chi connectivity index (χ1v) is 7.51. The van der Waals surface area contributed by atoms with Crippen LogP contribution in [0.3, 0.4) is 0 Å². The molecule has 0 fully saturated rings. The zero-order chi connectivity index (χ0) is 16.2. The van der Waals surface area contributed by atoms with Gasteiger partial charge in [-0.25, -0.2) is 4.98 Å². The third-order valence-corrected chi connectivity index (χ3v) is 3.74. The number of nitrogens with zero attached hydrogens (tertiary/aromatic N) is 2. The van der Waals surface area contributed by atoms with Crippen molar-refractivity contribution in [1.82, 2.24) is 10.3 Å². The van der Waals surface area contributed by atoms with Crippen molar-refractivity contribution in [1.29, 1.82) is 0 Å². The predicted molar refractivity (Wildman–Crippen MR) is 90.8 cm³/mol. The first-order chi connectivity index (χ1) is 11.1. The summed E-state index contributed by atoms with van der Waals surface area (Å²) in [6, 6.07) is 13.4. The number of nitrogens with one attached hydrogen (secondary N) is 1. The molecule has 0 radical (unpaired) electrons. The number of rotatable bonds is 5. The van der Waals surface area contributed by atoms with E-state index in [9.17, 15) is 4.79 Å². The molecule has 118 valence electrons. The lowest BCUT2D eigenvalue weighted by molar-refractivity contribution is 0.0954. The number of hydrogen-bond acceptors (Lipinski definition) is 4. The summed E-state index contributed by atoms with van der Waals surface area (Å²) >= 11 is 0. The van der Waals surface area contributed by atoms with Crippen LogP contribution in [0, 0.1) is 0 Å². The van der Waals surface area contributed by atoms with Crippen LogP contribution in [0.4, 0.5) is 5.69 Å². The van der Waals surface area contributed by atoms with E-state index in [4.69, 9.17) is 4.42 Å². The van der Waals surface area contributed by atoms with Gasteiger partial charge in [-0.2, -0.15) is 0 Å². The van der Waals surface area contributed by atoms with E-state index in [1.807, 2.05) is 61.5 Å². The lowest BCUT2D eigenvalue weighted by atomic mass is 10.1. The van der Waals surface area contributed by atoms with Gasteiger partial charge in [0.25, 0.3) is 5.91 Å². The molecule has 0 atom stereocenters. The maximum Gasteiger partial charge on any atom is 0.251 e. The Morgan fingerprint density at radius 2 is 1.96 bits per heavy atom. The quantitative estimate of drug-likeness (QED) is 0.787. The Morgan fingerprint density at radius 3 is 2.70 bits per heavy atom. The Hall–Kier alpha value is -2.82. The second-order valence-electron chi connectivity index (χ2n) is 5.60. The number of carbonyl (C=O) groups is 1. The molecule has 1 aromatic heterocycles. The average molecular weight is 309 g/mol. The van der Waals surface area contributed by atoms with Gasteiger partial charge in [-0.1, -0.05) is 6.07 Å². The fraction of sp³-hybridized carbons (Fsp3) is 0.222. The number of aromatic nitrogens is 1. The highest BCUT2D eigenvalue weighted by Gasteiger charge is 2.06. The van der Waals surface area contributed by atoms with Crippen LogP contribution in [0.1, 0.15) is 15.9 Å². The van der Waals surface area contributed by atoms with Crippen LogP contribution in [-0.2, 0) is 6.42 Å². The van der Waals surface area contributed by atoms with Gasteiger partial charge in [-0.15, -0.1) is 0 Å². The van der Waals surface area contributed by atoms with Crippen molar-refractivity contribution in [3.63, 3.8) is 0 Å². The smallest absolute Gasteiger partial charge is 0.251 e. The van der Waals surface area contributed by atoms with Crippen molar-refractivity contribution in [3.8, 4) is 0 Å². The minimum atomic E-state index is -0.0592. The second-order valence-corrected chi connectivity index (χ2v) is 5.60. The van der Waals surface area contributed by atoms with Crippen LogP contribution in [0.25, 0.3) is 11.1 Å². The molecule has 5 nitrogen and oxygen atoms in total. The molecular formula is C18H19N3O2. The highest BCUT2D eigenvalue weighted by atomic mass is 16.3. The number of carbonyl (C=O) groups excluding carboxylic acids is 1. The minimum Gasteiger partial charge on any atom is -0.443 e. The third-order valence-electron chi connectivity index (χ3n) is 3.74. The molecule has 1 amide bonds. The van der Waals surface area contributed by atoms with Gasteiger partial charge in [0.2, 0.25) is 0 Å². The first-order valence-electron chi connectivity index (χ1n) is 7.51. The zero-order valence-electron chi connectivity index (χ0n) is 13.2. The third kappa shape index (κ3) is 3.51. The molecule has 0 aliphatic carbocycles. The van der Waals surface area contributed by atoms with Gasteiger partial charge in [0.15, 0.2) is 12.0 Å². The SMILES string of the molecule is CN(C)c1ccc(C(=O)NCCc2ccc3ncoc3c2)cc1. The zero-order valence-corrected chi connectivity index (χ0v) is 13.2. The summed E-state index contributed by atoms with van der Waals surface area (Å²) in [5.41, 5.74) is 4.47. The fourth-order valence-corrected chi connectivity index (χ4v) is 2.39. The van der Waals surface area contributed by atoms with E-state index in [1.165, 1.54) is 6.39 Å². The highest BCUT2D eigenvalue weighted by molar-refractivity contribution is 5.94. The van der Waals surface area contributed by atoms with Crippen LogP contribution in [0.2, 0.25) is 0 Å². The molecule has 1 heterocycles. The molecule has 0 unspecified atom stereocenters. The molecule has 0 aliphatic rings. The van der Waals surface area contributed by atoms with Gasteiger partial charge in [0.05, 0.1) is 0 Å². The molecule has 5 heteroatoms.